The van der Waals surface area contributed by atoms with Crippen LogP contribution in [0.25, 0.3) is 27.5 Å². The lowest BCUT2D eigenvalue weighted by atomic mass is 10.2. The van der Waals surface area contributed by atoms with Crippen molar-refractivity contribution in [3.8, 4) is 11.4 Å². The quantitative estimate of drug-likeness (QED) is 0.358. The molecule has 4 rings (SSSR count). The van der Waals surface area contributed by atoms with Crippen LogP contribution >= 0.6 is 0 Å². The first-order valence-corrected chi connectivity index (χ1v) is 8.59. The van der Waals surface area contributed by atoms with Crippen LogP contribution in [0.15, 0.2) is 66.7 Å². The molecule has 1 aromatic heterocycles. The molecule has 0 fully saturated rings. The number of benzene rings is 3. The highest BCUT2D eigenvalue weighted by atomic mass is 16.7. The topological polar surface area (TPSA) is 23.4 Å². The first kappa shape index (κ1) is 15.7. The van der Waals surface area contributed by atoms with Crippen LogP contribution in [0.5, 0.6) is 5.75 Å². The van der Waals surface area contributed by atoms with Crippen molar-refractivity contribution in [1.82, 2.24) is 4.57 Å². The number of ether oxygens (including phenoxy) is 2. The maximum atomic E-state index is 5.91. The molecule has 0 radical (unpaired) electrons. The predicted molar refractivity (Wildman–Crippen MR) is 103 cm³/mol. The first-order chi connectivity index (χ1) is 12.3. The number of fused-ring (bicyclic) bond motifs is 3. The summed E-state index contributed by atoms with van der Waals surface area (Å²) in [6.45, 7) is 4.95. The van der Waals surface area contributed by atoms with E-state index in [0.717, 1.165) is 11.4 Å². The van der Waals surface area contributed by atoms with Gasteiger partial charge in [0.2, 0.25) is 0 Å². The Bertz CT molecular complexity index is 979. The molecule has 0 aliphatic rings. The molecule has 0 aliphatic heterocycles. The van der Waals surface area contributed by atoms with Crippen LogP contribution in [0.2, 0.25) is 0 Å². The van der Waals surface area contributed by atoms with E-state index >= 15 is 0 Å². The molecule has 0 amide bonds. The van der Waals surface area contributed by atoms with Crippen LogP contribution < -0.4 is 4.74 Å². The summed E-state index contributed by atoms with van der Waals surface area (Å²) in [7, 11) is 0. The molecule has 0 saturated carbocycles. The summed E-state index contributed by atoms with van der Waals surface area (Å²) in [6, 6.07) is 23.2. The fourth-order valence-corrected chi connectivity index (χ4v) is 3.29. The molecule has 0 spiro atoms. The minimum atomic E-state index is 0.254. The van der Waals surface area contributed by atoms with E-state index in [1.807, 2.05) is 13.0 Å². The fourth-order valence-electron chi connectivity index (χ4n) is 3.29. The van der Waals surface area contributed by atoms with Crippen molar-refractivity contribution in [3.63, 3.8) is 0 Å². The van der Waals surface area contributed by atoms with Crippen molar-refractivity contribution < 1.29 is 9.47 Å². The molecular weight excluding hydrogens is 310 g/mol. The van der Waals surface area contributed by atoms with Gasteiger partial charge in [-0.15, -0.1) is 0 Å². The smallest absolute Gasteiger partial charge is 0.189 e. The highest BCUT2D eigenvalue weighted by Gasteiger charge is 2.15. The zero-order valence-corrected chi connectivity index (χ0v) is 14.5. The van der Waals surface area contributed by atoms with Gasteiger partial charge in [-0.2, -0.15) is 0 Å². The van der Waals surface area contributed by atoms with Gasteiger partial charge >= 0.3 is 0 Å². The first-order valence-electron chi connectivity index (χ1n) is 8.59. The fraction of sp³-hybridized carbons (Fsp3) is 0.182. The summed E-state index contributed by atoms with van der Waals surface area (Å²) in [5.74, 6) is 0.825. The average Bonchev–Trinajstić information content (AvgIpc) is 2.97. The minimum absolute atomic E-state index is 0.254. The van der Waals surface area contributed by atoms with Gasteiger partial charge in [0.15, 0.2) is 6.79 Å². The maximum Gasteiger partial charge on any atom is 0.189 e. The van der Waals surface area contributed by atoms with E-state index in [1.54, 1.807) is 0 Å². The van der Waals surface area contributed by atoms with Crippen molar-refractivity contribution in [2.24, 2.45) is 0 Å². The van der Waals surface area contributed by atoms with Gasteiger partial charge in [0.1, 0.15) is 5.75 Å². The summed E-state index contributed by atoms with van der Waals surface area (Å²) >= 11 is 0. The third-order valence-corrected chi connectivity index (χ3v) is 4.44. The number of hydrogen-bond donors (Lipinski definition) is 0. The second-order valence-corrected chi connectivity index (χ2v) is 6.10. The second kappa shape index (κ2) is 6.61. The highest BCUT2D eigenvalue weighted by molar-refractivity contribution is 6.09. The van der Waals surface area contributed by atoms with Gasteiger partial charge in [0.25, 0.3) is 0 Å². The van der Waals surface area contributed by atoms with Gasteiger partial charge in [-0.3, -0.25) is 0 Å². The summed E-state index contributed by atoms with van der Waals surface area (Å²) in [5, 5.41) is 2.49. The molecule has 1 heterocycles. The summed E-state index contributed by atoms with van der Waals surface area (Å²) in [4.78, 5) is 0. The summed E-state index contributed by atoms with van der Waals surface area (Å²) in [5.41, 5.74) is 4.59. The van der Waals surface area contributed by atoms with Gasteiger partial charge < -0.3 is 14.0 Å². The van der Waals surface area contributed by atoms with E-state index in [9.17, 15) is 0 Å². The number of nitrogens with zero attached hydrogens (tertiary/aromatic N) is 1. The molecule has 126 valence electrons. The number of para-hydroxylation sites is 2. The van der Waals surface area contributed by atoms with Crippen molar-refractivity contribution in [2.75, 3.05) is 13.4 Å². The molecule has 3 nitrogen and oxygen atoms in total. The van der Waals surface area contributed by atoms with Crippen molar-refractivity contribution in [2.45, 2.75) is 13.8 Å². The third kappa shape index (κ3) is 2.77. The van der Waals surface area contributed by atoms with Crippen LogP contribution in [-0.2, 0) is 4.74 Å². The minimum Gasteiger partial charge on any atom is -0.465 e. The Balaban J connectivity index is 1.99. The lowest BCUT2D eigenvalue weighted by molar-refractivity contribution is 0.0224. The van der Waals surface area contributed by atoms with Crippen LogP contribution in [0.4, 0.5) is 0 Å². The number of rotatable bonds is 5. The zero-order valence-electron chi connectivity index (χ0n) is 14.5. The van der Waals surface area contributed by atoms with Crippen LogP contribution in [-0.4, -0.2) is 18.0 Å². The van der Waals surface area contributed by atoms with Crippen molar-refractivity contribution in [3.05, 3.63) is 72.3 Å². The lowest BCUT2D eigenvalue weighted by Crippen LogP contribution is -2.05. The van der Waals surface area contributed by atoms with Crippen molar-refractivity contribution in [1.29, 1.82) is 0 Å². The lowest BCUT2D eigenvalue weighted by Gasteiger charge is -2.15. The van der Waals surface area contributed by atoms with E-state index in [0.29, 0.717) is 6.61 Å². The zero-order chi connectivity index (χ0) is 17.2. The Kier molecular flexibility index (Phi) is 4.16. The molecule has 0 atom stereocenters. The predicted octanol–water partition coefficient (Wildman–Crippen LogP) is 5.46. The standard InChI is InChI=1S/C22H21NO2/c1-3-24-15-25-22-13-12-16(2)14-21(22)23-19-10-6-4-8-17(19)18-9-5-7-11-20(18)23/h4-14H,3,15H2,1-2H3. The van der Waals surface area contributed by atoms with Crippen LogP contribution in [0.1, 0.15) is 12.5 Å². The highest BCUT2D eigenvalue weighted by Crippen LogP contribution is 2.35. The molecule has 0 aliphatic carbocycles. The largest absolute Gasteiger partial charge is 0.465 e. The Hall–Kier alpha value is -2.78. The maximum absolute atomic E-state index is 5.91. The van der Waals surface area contributed by atoms with Crippen molar-refractivity contribution >= 4 is 21.8 Å². The molecule has 3 aromatic carbocycles. The average molecular weight is 331 g/mol. The van der Waals surface area contributed by atoms with Gasteiger partial charge in [-0.05, 0) is 43.7 Å². The van der Waals surface area contributed by atoms with Gasteiger partial charge in [0.05, 0.1) is 16.7 Å². The van der Waals surface area contributed by atoms with E-state index < -0.39 is 0 Å². The normalized spacial score (nSPS) is 11.3. The molecule has 0 N–H and O–H groups in total. The van der Waals surface area contributed by atoms with E-state index in [-0.39, 0.29) is 6.79 Å². The van der Waals surface area contributed by atoms with E-state index in [2.05, 4.69) is 72.2 Å². The number of aryl methyl sites for hydroxylation is 1. The summed E-state index contributed by atoms with van der Waals surface area (Å²) in [6.07, 6.45) is 0. The SMILES string of the molecule is CCOCOc1ccc(C)cc1-n1c2ccccc2c2ccccc21. The number of aromatic nitrogens is 1. The van der Waals surface area contributed by atoms with Crippen LogP contribution in [0, 0.1) is 6.92 Å². The molecule has 25 heavy (non-hydrogen) atoms. The Morgan fingerprint density at radius 1 is 0.840 bits per heavy atom. The Morgan fingerprint density at radius 2 is 1.48 bits per heavy atom. The van der Waals surface area contributed by atoms with Gasteiger partial charge in [0, 0.05) is 17.4 Å². The number of hydrogen-bond acceptors (Lipinski definition) is 2. The molecular formula is C22H21NO2. The van der Waals surface area contributed by atoms with Gasteiger partial charge in [-0.1, -0.05) is 42.5 Å². The summed E-state index contributed by atoms with van der Waals surface area (Å²) < 4.78 is 13.6. The molecule has 0 saturated heterocycles. The van der Waals surface area contributed by atoms with E-state index in [4.69, 9.17) is 9.47 Å². The molecule has 0 bridgehead atoms. The molecule has 3 heteroatoms. The van der Waals surface area contributed by atoms with E-state index in [1.165, 1.54) is 27.4 Å². The molecule has 4 aromatic rings. The molecule has 0 unspecified atom stereocenters. The Labute approximate surface area is 147 Å². The third-order valence-electron chi connectivity index (χ3n) is 4.44. The van der Waals surface area contributed by atoms with Crippen LogP contribution in [0.3, 0.4) is 0 Å². The second-order valence-electron chi connectivity index (χ2n) is 6.10. The Morgan fingerprint density at radius 3 is 2.12 bits per heavy atom. The van der Waals surface area contributed by atoms with Gasteiger partial charge in [-0.25, -0.2) is 0 Å². The monoisotopic (exact) mass is 331 g/mol.